The lowest BCUT2D eigenvalue weighted by atomic mass is 9.97. The monoisotopic (exact) mass is 311 g/mol. The van der Waals surface area contributed by atoms with E-state index in [0.29, 0.717) is 17.4 Å². The SMILES string of the molecule is CCCc1ccccc1S(=O)(=O)NCCC1CCOCC1. The van der Waals surface area contributed by atoms with Crippen molar-refractivity contribution >= 4 is 10.0 Å². The van der Waals surface area contributed by atoms with Crippen LogP contribution in [0.25, 0.3) is 0 Å². The molecule has 1 aromatic carbocycles. The van der Waals surface area contributed by atoms with E-state index in [9.17, 15) is 8.42 Å². The van der Waals surface area contributed by atoms with Crippen LogP contribution in [0.4, 0.5) is 0 Å². The molecule has 0 aliphatic carbocycles. The minimum Gasteiger partial charge on any atom is -0.381 e. The topological polar surface area (TPSA) is 55.4 Å². The maximum Gasteiger partial charge on any atom is 0.240 e. The molecule has 1 N–H and O–H groups in total. The summed E-state index contributed by atoms with van der Waals surface area (Å²) in [5.74, 6) is 0.576. The largest absolute Gasteiger partial charge is 0.381 e. The Kier molecular flexibility index (Phi) is 6.21. The molecule has 1 aliphatic rings. The number of sulfonamides is 1. The Bertz CT molecular complexity index is 536. The predicted octanol–water partition coefficient (Wildman–Crippen LogP) is 2.73. The number of hydrogen-bond donors (Lipinski definition) is 1. The Labute approximate surface area is 127 Å². The first-order valence-electron chi connectivity index (χ1n) is 7.79. The van der Waals surface area contributed by atoms with Crippen LogP contribution in [0, 0.1) is 5.92 Å². The second-order valence-corrected chi connectivity index (χ2v) is 7.34. The highest BCUT2D eigenvalue weighted by atomic mass is 32.2. The van der Waals surface area contributed by atoms with Crippen LogP contribution in [-0.4, -0.2) is 28.2 Å². The Hall–Kier alpha value is -0.910. The Morgan fingerprint density at radius 1 is 1.24 bits per heavy atom. The summed E-state index contributed by atoms with van der Waals surface area (Å²) in [5.41, 5.74) is 0.901. The number of aryl methyl sites for hydroxylation is 1. The molecule has 2 rings (SSSR count). The number of hydrogen-bond acceptors (Lipinski definition) is 3. The zero-order valence-electron chi connectivity index (χ0n) is 12.7. The van der Waals surface area contributed by atoms with Gasteiger partial charge in [-0.05, 0) is 43.2 Å². The van der Waals surface area contributed by atoms with Gasteiger partial charge in [-0.2, -0.15) is 0 Å². The lowest BCUT2D eigenvalue weighted by Crippen LogP contribution is -2.28. The van der Waals surface area contributed by atoms with E-state index in [4.69, 9.17) is 4.74 Å². The normalized spacial score (nSPS) is 17.0. The highest BCUT2D eigenvalue weighted by Gasteiger charge is 2.19. The van der Waals surface area contributed by atoms with Crippen LogP contribution < -0.4 is 4.72 Å². The van der Waals surface area contributed by atoms with Crippen molar-refractivity contribution in [1.29, 1.82) is 0 Å². The molecule has 1 fully saturated rings. The lowest BCUT2D eigenvalue weighted by molar-refractivity contribution is 0.0644. The Morgan fingerprint density at radius 3 is 2.67 bits per heavy atom. The average Bonchev–Trinajstić information content (AvgIpc) is 2.49. The fourth-order valence-electron chi connectivity index (χ4n) is 2.75. The van der Waals surface area contributed by atoms with Crippen molar-refractivity contribution in [3.63, 3.8) is 0 Å². The van der Waals surface area contributed by atoms with Crippen LogP contribution >= 0.6 is 0 Å². The Morgan fingerprint density at radius 2 is 1.95 bits per heavy atom. The summed E-state index contributed by atoms with van der Waals surface area (Å²) < 4.78 is 32.9. The van der Waals surface area contributed by atoms with E-state index in [1.54, 1.807) is 12.1 Å². The van der Waals surface area contributed by atoms with Gasteiger partial charge in [0, 0.05) is 19.8 Å². The van der Waals surface area contributed by atoms with Gasteiger partial charge in [0.15, 0.2) is 0 Å². The average molecular weight is 311 g/mol. The van der Waals surface area contributed by atoms with Crippen LogP contribution in [0.1, 0.15) is 38.2 Å². The highest BCUT2D eigenvalue weighted by Crippen LogP contribution is 2.19. The molecule has 21 heavy (non-hydrogen) atoms. The van der Waals surface area contributed by atoms with E-state index in [0.717, 1.165) is 50.9 Å². The molecule has 1 heterocycles. The molecule has 118 valence electrons. The number of benzene rings is 1. The molecule has 0 atom stereocenters. The van der Waals surface area contributed by atoms with Crippen LogP contribution in [0.2, 0.25) is 0 Å². The predicted molar refractivity (Wildman–Crippen MR) is 83.8 cm³/mol. The van der Waals surface area contributed by atoms with E-state index < -0.39 is 10.0 Å². The van der Waals surface area contributed by atoms with Crippen LogP contribution in [0.5, 0.6) is 0 Å². The van der Waals surface area contributed by atoms with Crippen molar-refractivity contribution in [3.05, 3.63) is 29.8 Å². The molecule has 0 amide bonds. The van der Waals surface area contributed by atoms with Crippen LogP contribution in [0.15, 0.2) is 29.2 Å². The van der Waals surface area contributed by atoms with E-state index in [2.05, 4.69) is 11.6 Å². The third kappa shape index (κ3) is 4.80. The molecule has 0 aromatic heterocycles. The van der Waals surface area contributed by atoms with Gasteiger partial charge in [-0.1, -0.05) is 31.5 Å². The molecule has 5 heteroatoms. The summed E-state index contributed by atoms with van der Waals surface area (Å²) in [7, 11) is -3.40. The van der Waals surface area contributed by atoms with Crippen molar-refractivity contribution in [2.45, 2.75) is 43.9 Å². The highest BCUT2D eigenvalue weighted by molar-refractivity contribution is 7.89. The van der Waals surface area contributed by atoms with Gasteiger partial charge in [0.25, 0.3) is 0 Å². The maximum absolute atomic E-state index is 12.4. The first-order chi connectivity index (χ1) is 10.1. The second-order valence-electron chi connectivity index (χ2n) is 5.60. The zero-order chi connectivity index (χ0) is 15.1. The number of nitrogens with one attached hydrogen (secondary N) is 1. The van der Waals surface area contributed by atoms with E-state index in [1.165, 1.54) is 0 Å². The van der Waals surface area contributed by atoms with Crippen molar-refractivity contribution in [2.75, 3.05) is 19.8 Å². The third-order valence-electron chi connectivity index (χ3n) is 3.97. The van der Waals surface area contributed by atoms with Gasteiger partial charge in [0.05, 0.1) is 4.90 Å². The minimum atomic E-state index is -3.40. The fourth-order valence-corrected chi connectivity index (χ4v) is 4.07. The van der Waals surface area contributed by atoms with Crippen molar-refractivity contribution in [1.82, 2.24) is 4.72 Å². The van der Waals surface area contributed by atoms with Crippen molar-refractivity contribution in [3.8, 4) is 0 Å². The summed E-state index contributed by atoms with van der Waals surface area (Å²) >= 11 is 0. The van der Waals surface area contributed by atoms with Gasteiger partial charge in [-0.25, -0.2) is 13.1 Å². The fraction of sp³-hybridized carbons (Fsp3) is 0.625. The van der Waals surface area contributed by atoms with Gasteiger partial charge in [0.1, 0.15) is 0 Å². The van der Waals surface area contributed by atoms with Crippen LogP contribution in [0.3, 0.4) is 0 Å². The Balaban J connectivity index is 1.94. The molecule has 0 saturated carbocycles. The summed E-state index contributed by atoms with van der Waals surface area (Å²) in [6, 6.07) is 7.27. The van der Waals surface area contributed by atoms with Gasteiger partial charge in [-0.3, -0.25) is 0 Å². The number of rotatable bonds is 7. The third-order valence-corrected chi connectivity index (χ3v) is 5.53. The summed E-state index contributed by atoms with van der Waals surface area (Å²) in [6.07, 6.45) is 4.69. The molecule has 0 unspecified atom stereocenters. The minimum absolute atomic E-state index is 0.429. The molecule has 1 aliphatic heterocycles. The van der Waals surface area contributed by atoms with Gasteiger partial charge in [-0.15, -0.1) is 0 Å². The lowest BCUT2D eigenvalue weighted by Gasteiger charge is -2.22. The molecule has 0 bridgehead atoms. The van der Waals surface area contributed by atoms with E-state index in [1.807, 2.05) is 12.1 Å². The van der Waals surface area contributed by atoms with Gasteiger partial charge in [0.2, 0.25) is 10.0 Å². The van der Waals surface area contributed by atoms with E-state index >= 15 is 0 Å². The van der Waals surface area contributed by atoms with Gasteiger partial charge >= 0.3 is 0 Å². The molecule has 1 saturated heterocycles. The molecule has 0 radical (unpaired) electrons. The molecule has 0 spiro atoms. The van der Waals surface area contributed by atoms with Crippen LogP contribution in [-0.2, 0) is 21.2 Å². The molecular weight excluding hydrogens is 286 g/mol. The first kappa shape index (κ1) is 16.5. The zero-order valence-corrected chi connectivity index (χ0v) is 13.5. The molecule has 4 nitrogen and oxygen atoms in total. The smallest absolute Gasteiger partial charge is 0.240 e. The molecular formula is C16H25NO3S. The van der Waals surface area contributed by atoms with E-state index in [-0.39, 0.29) is 0 Å². The quantitative estimate of drug-likeness (QED) is 0.842. The van der Waals surface area contributed by atoms with Crippen molar-refractivity contribution in [2.24, 2.45) is 5.92 Å². The second kappa shape index (κ2) is 7.92. The summed E-state index contributed by atoms with van der Waals surface area (Å²) in [5, 5.41) is 0. The first-order valence-corrected chi connectivity index (χ1v) is 9.27. The van der Waals surface area contributed by atoms with Crippen molar-refractivity contribution < 1.29 is 13.2 Å². The summed E-state index contributed by atoms with van der Waals surface area (Å²) in [6.45, 7) is 4.17. The standard InChI is InChI=1S/C16H25NO3S/c1-2-5-15-6-3-4-7-16(15)21(18,19)17-11-8-14-9-12-20-13-10-14/h3-4,6-7,14,17H,2,5,8-13H2,1H3. The maximum atomic E-state index is 12.4. The molecule has 1 aromatic rings. The summed E-state index contributed by atoms with van der Waals surface area (Å²) in [4.78, 5) is 0.429. The number of ether oxygens (including phenoxy) is 1. The van der Waals surface area contributed by atoms with Gasteiger partial charge < -0.3 is 4.74 Å².